The molecule has 1 amide bonds. The lowest BCUT2D eigenvalue weighted by atomic mass is 10.2. The van der Waals surface area contributed by atoms with Gasteiger partial charge in [-0.15, -0.1) is 24.0 Å². The Morgan fingerprint density at radius 2 is 1.65 bits per heavy atom. The number of aliphatic imine (C=N–C) groups is 1. The molecule has 0 atom stereocenters. The van der Waals surface area contributed by atoms with Crippen molar-refractivity contribution in [3.8, 4) is 0 Å². The van der Waals surface area contributed by atoms with E-state index >= 15 is 0 Å². The molecule has 0 aromatic heterocycles. The monoisotopic (exact) mass is 486 g/mol. The number of carbonyl (C=O) groups is 2. The van der Waals surface area contributed by atoms with Crippen molar-refractivity contribution in [2.75, 3.05) is 33.3 Å². The Bertz CT molecular complexity index is 425. The van der Waals surface area contributed by atoms with Crippen LogP contribution in [0.4, 0.5) is 4.79 Å². The number of nitrogens with zero attached hydrogens (tertiary/aromatic N) is 1. The minimum Gasteiger partial charge on any atom is -0.469 e. The molecule has 3 N–H and O–H groups in total. The smallest absolute Gasteiger partial charge is 0.407 e. The molecular weight excluding hydrogens is 451 g/mol. The fraction of sp³-hybridized carbons (Fsp3) is 0.824. The van der Waals surface area contributed by atoms with Crippen molar-refractivity contribution in [1.82, 2.24) is 16.0 Å². The fourth-order valence-corrected chi connectivity index (χ4v) is 1.85. The molecule has 0 unspecified atom stereocenters. The van der Waals surface area contributed by atoms with Crippen molar-refractivity contribution in [2.24, 2.45) is 4.99 Å². The number of carbonyl (C=O) groups excluding carboxylic acids is 2. The molecule has 154 valence electrons. The lowest BCUT2D eigenvalue weighted by Gasteiger charge is -2.19. The zero-order chi connectivity index (χ0) is 19.1. The number of amides is 1. The number of halogens is 1. The Morgan fingerprint density at radius 3 is 2.23 bits per heavy atom. The van der Waals surface area contributed by atoms with Crippen molar-refractivity contribution < 1.29 is 19.1 Å². The normalized spacial score (nSPS) is 11.2. The number of hydrogen-bond donors (Lipinski definition) is 3. The number of rotatable bonds is 10. The highest BCUT2D eigenvalue weighted by Crippen LogP contribution is 2.06. The summed E-state index contributed by atoms with van der Waals surface area (Å²) in [5.74, 6) is 0.539. The standard InChI is InChI=1S/C17H34N4O4.HI/c1-6-18-15(19-11-9-7-8-10-14(22)24-5)20-12-13-21-16(23)25-17(2,3)4;/h6-13H2,1-5H3,(H,21,23)(H2,18,19,20);1H. The van der Waals surface area contributed by atoms with E-state index in [1.54, 1.807) is 0 Å². The second-order valence-corrected chi connectivity index (χ2v) is 6.50. The maximum Gasteiger partial charge on any atom is 0.407 e. The number of alkyl carbamates (subject to hydrolysis) is 1. The molecule has 8 nitrogen and oxygen atoms in total. The van der Waals surface area contributed by atoms with Gasteiger partial charge in [0, 0.05) is 32.6 Å². The third-order valence-corrected chi connectivity index (χ3v) is 2.97. The first-order chi connectivity index (χ1) is 11.8. The molecule has 0 aromatic rings. The summed E-state index contributed by atoms with van der Waals surface area (Å²) in [6.07, 6.45) is 2.67. The van der Waals surface area contributed by atoms with Gasteiger partial charge in [-0.05, 0) is 40.5 Å². The van der Waals surface area contributed by atoms with Gasteiger partial charge in [-0.1, -0.05) is 6.42 Å². The molecule has 0 bridgehead atoms. The van der Waals surface area contributed by atoms with E-state index in [0.29, 0.717) is 32.0 Å². The SMILES string of the molecule is CCNC(=NCCCCCC(=O)OC)NCCNC(=O)OC(C)(C)C.I. The highest BCUT2D eigenvalue weighted by atomic mass is 127. The topological polar surface area (TPSA) is 101 Å². The molecule has 0 fully saturated rings. The minimum absolute atomic E-state index is 0. The number of guanidine groups is 1. The van der Waals surface area contributed by atoms with Gasteiger partial charge in [0.2, 0.25) is 0 Å². The molecule has 0 aliphatic carbocycles. The molecule has 0 aliphatic heterocycles. The van der Waals surface area contributed by atoms with E-state index in [1.165, 1.54) is 7.11 Å². The van der Waals surface area contributed by atoms with Crippen LogP contribution >= 0.6 is 24.0 Å². The van der Waals surface area contributed by atoms with Crippen LogP contribution in [-0.2, 0) is 14.3 Å². The molecule has 0 saturated heterocycles. The van der Waals surface area contributed by atoms with E-state index in [0.717, 1.165) is 25.8 Å². The second kappa shape index (κ2) is 16.0. The summed E-state index contributed by atoms with van der Waals surface area (Å²) < 4.78 is 9.76. The number of ether oxygens (including phenoxy) is 2. The van der Waals surface area contributed by atoms with Crippen LogP contribution in [0.3, 0.4) is 0 Å². The van der Waals surface area contributed by atoms with Gasteiger partial charge in [-0.3, -0.25) is 9.79 Å². The zero-order valence-corrected chi connectivity index (χ0v) is 19.0. The zero-order valence-electron chi connectivity index (χ0n) is 16.6. The molecule has 9 heteroatoms. The first kappa shape index (κ1) is 27.0. The van der Waals surface area contributed by atoms with Crippen LogP contribution < -0.4 is 16.0 Å². The average molecular weight is 486 g/mol. The summed E-state index contributed by atoms with van der Waals surface area (Å²) >= 11 is 0. The molecule has 0 aromatic carbocycles. The summed E-state index contributed by atoms with van der Waals surface area (Å²) in [4.78, 5) is 27.0. The van der Waals surface area contributed by atoms with E-state index in [1.807, 2.05) is 27.7 Å². The summed E-state index contributed by atoms with van der Waals surface area (Å²) in [6.45, 7) is 9.89. The summed E-state index contributed by atoms with van der Waals surface area (Å²) in [6, 6.07) is 0. The Labute approximate surface area is 174 Å². The van der Waals surface area contributed by atoms with Crippen LogP contribution in [-0.4, -0.2) is 56.9 Å². The van der Waals surface area contributed by atoms with Crippen LogP contribution in [0.1, 0.15) is 53.4 Å². The third-order valence-electron chi connectivity index (χ3n) is 2.97. The molecular formula is C17H35IN4O4. The Kier molecular flexibility index (Phi) is 16.5. The highest BCUT2D eigenvalue weighted by molar-refractivity contribution is 14.0. The van der Waals surface area contributed by atoms with Gasteiger partial charge in [0.05, 0.1) is 7.11 Å². The summed E-state index contributed by atoms with van der Waals surface area (Å²) in [7, 11) is 1.40. The molecule has 0 aliphatic rings. The van der Waals surface area contributed by atoms with E-state index < -0.39 is 11.7 Å². The molecule has 0 heterocycles. The number of unbranched alkanes of at least 4 members (excludes halogenated alkanes) is 2. The quantitative estimate of drug-likeness (QED) is 0.144. The Morgan fingerprint density at radius 1 is 1.00 bits per heavy atom. The first-order valence-electron chi connectivity index (χ1n) is 8.84. The van der Waals surface area contributed by atoms with Gasteiger partial charge < -0.3 is 25.4 Å². The molecule has 0 rings (SSSR count). The highest BCUT2D eigenvalue weighted by Gasteiger charge is 2.15. The van der Waals surface area contributed by atoms with Crippen molar-refractivity contribution in [2.45, 2.75) is 59.0 Å². The number of esters is 1. The lowest BCUT2D eigenvalue weighted by molar-refractivity contribution is -0.140. The van der Waals surface area contributed by atoms with Crippen molar-refractivity contribution in [3.63, 3.8) is 0 Å². The molecule has 0 saturated carbocycles. The van der Waals surface area contributed by atoms with Gasteiger partial charge in [0.1, 0.15) is 5.60 Å². The third kappa shape index (κ3) is 17.6. The van der Waals surface area contributed by atoms with Crippen molar-refractivity contribution in [1.29, 1.82) is 0 Å². The van der Waals surface area contributed by atoms with Crippen molar-refractivity contribution >= 4 is 42.0 Å². The van der Waals surface area contributed by atoms with Gasteiger partial charge in [-0.2, -0.15) is 0 Å². The maximum absolute atomic E-state index is 11.5. The minimum atomic E-state index is -0.498. The van der Waals surface area contributed by atoms with Crippen LogP contribution in [0.25, 0.3) is 0 Å². The van der Waals surface area contributed by atoms with Gasteiger partial charge in [0.25, 0.3) is 0 Å². The van der Waals surface area contributed by atoms with Crippen LogP contribution in [0, 0.1) is 0 Å². The van der Waals surface area contributed by atoms with E-state index in [-0.39, 0.29) is 29.9 Å². The lowest BCUT2D eigenvalue weighted by Crippen LogP contribution is -2.42. The first-order valence-corrected chi connectivity index (χ1v) is 8.84. The Balaban J connectivity index is 0. The average Bonchev–Trinajstić information content (AvgIpc) is 2.52. The molecule has 0 spiro atoms. The number of nitrogens with one attached hydrogen (secondary N) is 3. The van der Waals surface area contributed by atoms with Gasteiger partial charge >= 0.3 is 12.1 Å². The predicted octanol–water partition coefficient (Wildman–Crippen LogP) is 2.42. The number of hydrogen-bond acceptors (Lipinski definition) is 5. The number of methoxy groups -OCH3 is 1. The van der Waals surface area contributed by atoms with Crippen molar-refractivity contribution in [3.05, 3.63) is 0 Å². The van der Waals surface area contributed by atoms with E-state index in [9.17, 15) is 9.59 Å². The largest absolute Gasteiger partial charge is 0.469 e. The van der Waals surface area contributed by atoms with Crippen LogP contribution in [0.15, 0.2) is 4.99 Å². The summed E-state index contributed by atoms with van der Waals surface area (Å²) in [5.41, 5.74) is -0.498. The maximum atomic E-state index is 11.5. The van der Waals surface area contributed by atoms with Crippen LogP contribution in [0.5, 0.6) is 0 Å². The Hall–Kier alpha value is -1.26. The van der Waals surface area contributed by atoms with Gasteiger partial charge in [0.15, 0.2) is 5.96 Å². The van der Waals surface area contributed by atoms with E-state index in [4.69, 9.17) is 4.74 Å². The second-order valence-electron chi connectivity index (χ2n) is 6.50. The predicted molar refractivity (Wildman–Crippen MR) is 114 cm³/mol. The van der Waals surface area contributed by atoms with E-state index in [2.05, 4.69) is 25.7 Å². The fourth-order valence-electron chi connectivity index (χ4n) is 1.85. The van der Waals surface area contributed by atoms with Crippen LogP contribution in [0.2, 0.25) is 0 Å². The molecule has 0 radical (unpaired) electrons. The molecule has 26 heavy (non-hydrogen) atoms. The van der Waals surface area contributed by atoms with Gasteiger partial charge in [-0.25, -0.2) is 4.79 Å². The summed E-state index contributed by atoms with van der Waals surface area (Å²) in [5, 5.41) is 8.99.